The number of nitrogens with zero attached hydrogens (tertiary/aromatic N) is 2. The first-order valence-electron chi connectivity index (χ1n) is 9.27. The lowest BCUT2D eigenvalue weighted by molar-refractivity contribution is -0.138. The summed E-state index contributed by atoms with van der Waals surface area (Å²) in [5.74, 6) is 0.666. The minimum Gasteiger partial charge on any atom is -0.339 e. The summed E-state index contributed by atoms with van der Waals surface area (Å²) >= 11 is 0. The van der Waals surface area contributed by atoms with E-state index in [-0.39, 0.29) is 11.8 Å². The van der Waals surface area contributed by atoms with Crippen LogP contribution in [0.1, 0.15) is 39.5 Å². The van der Waals surface area contributed by atoms with Gasteiger partial charge in [-0.05, 0) is 43.7 Å². The van der Waals surface area contributed by atoms with Crippen LogP contribution in [0.2, 0.25) is 0 Å². The quantitative estimate of drug-likeness (QED) is 0.825. The summed E-state index contributed by atoms with van der Waals surface area (Å²) in [5.41, 5.74) is 0. The fourth-order valence-electron chi connectivity index (χ4n) is 4.08. The van der Waals surface area contributed by atoms with E-state index in [1.165, 1.54) is 4.31 Å². The molecule has 3 rings (SSSR count). The van der Waals surface area contributed by atoms with Crippen LogP contribution in [0.5, 0.6) is 0 Å². The van der Waals surface area contributed by atoms with Gasteiger partial charge in [0.2, 0.25) is 15.9 Å². The predicted molar refractivity (Wildman–Crippen MR) is 97.5 cm³/mol. The third-order valence-corrected chi connectivity index (χ3v) is 7.45. The minimum atomic E-state index is -3.45. The summed E-state index contributed by atoms with van der Waals surface area (Å²) in [4.78, 5) is 15.3. The second-order valence-corrected chi connectivity index (χ2v) is 9.41. The van der Waals surface area contributed by atoms with Gasteiger partial charge < -0.3 is 4.90 Å². The van der Waals surface area contributed by atoms with Crippen molar-refractivity contribution in [3.8, 4) is 0 Å². The van der Waals surface area contributed by atoms with Crippen molar-refractivity contribution in [2.75, 3.05) is 19.6 Å². The molecule has 0 aromatic heterocycles. The van der Waals surface area contributed by atoms with Gasteiger partial charge in [-0.1, -0.05) is 32.0 Å². The molecule has 0 bridgehead atoms. The fraction of sp³-hybridized carbons (Fsp3) is 0.632. The molecule has 1 aromatic carbocycles. The number of hydrogen-bond acceptors (Lipinski definition) is 3. The van der Waals surface area contributed by atoms with E-state index in [0.717, 1.165) is 19.4 Å². The van der Waals surface area contributed by atoms with Gasteiger partial charge in [0.15, 0.2) is 0 Å². The number of likely N-dealkylation sites (tertiary alicyclic amines) is 1. The molecule has 2 heterocycles. The van der Waals surface area contributed by atoms with E-state index < -0.39 is 10.0 Å². The summed E-state index contributed by atoms with van der Waals surface area (Å²) in [7, 11) is -3.45. The van der Waals surface area contributed by atoms with Crippen LogP contribution in [-0.2, 0) is 14.8 Å². The maximum absolute atomic E-state index is 12.9. The lowest BCUT2D eigenvalue weighted by atomic mass is 9.94. The Morgan fingerprint density at radius 1 is 1.04 bits per heavy atom. The van der Waals surface area contributed by atoms with E-state index in [9.17, 15) is 13.2 Å². The number of benzene rings is 1. The summed E-state index contributed by atoms with van der Waals surface area (Å²) in [6.45, 7) is 6.04. The van der Waals surface area contributed by atoms with Crippen LogP contribution in [0.3, 0.4) is 0 Å². The highest BCUT2D eigenvalue weighted by atomic mass is 32.2. The number of sulfonamides is 1. The molecule has 138 valence electrons. The van der Waals surface area contributed by atoms with Gasteiger partial charge in [0, 0.05) is 31.6 Å². The monoisotopic (exact) mass is 364 g/mol. The SMILES string of the molecule is CC(C)C1CCCN1C(=O)C1CCN(S(=O)(=O)c2ccccc2)CC1. The Balaban J connectivity index is 1.63. The second kappa shape index (κ2) is 7.46. The van der Waals surface area contributed by atoms with E-state index in [0.29, 0.717) is 42.8 Å². The van der Waals surface area contributed by atoms with E-state index in [4.69, 9.17) is 0 Å². The Hall–Kier alpha value is -1.40. The fourth-order valence-corrected chi connectivity index (χ4v) is 5.57. The molecule has 2 aliphatic rings. The molecule has 1 unspecified atom stereocenters. The molecular formula is C19H28N2O3S. The molecule has 0 aliphatic carbocycles. The molecule has 0 saturated carbocycles. The minimum absolute atomic E-state index is 0.0402. The molecule has 0 N–H and O–H groups in total. The van der Waals surface area contributed by atoms with Crippen LogP contribution in [-0.4, -0.2) is 49.2 Å². The van der Waals surface area contributed by atoms with Crippen LogP contribution in [0.15, 0.2) is 35.2 Å². The standard InChI is InChI=1S/C19H28N2O3S/c1-15(2)18-9-6-12-21(18)19(22)16-10-13-20(14-11-16)25(23,24)17-7-4-3-5-8-17/h3-5,7-8,15-16,18H,6,9-14H2,1-2H3. The van der Waals surface area contributed by atoms with E-state index in [1.54, 1.807) is 24.3 Å². The molecule has 0 spiro atoms. The van der Waals surface area contributed by atoms with Crippen molar-refractivity contribution in [2.45, 2.75) is 50.5 Å². The predicted octanol–water partition coefficient (Wildman–Crippen LogP) is 2.73. The van der Waals surface area contributed by atoms with Crippen molar-refractivity contribution in [3.05, 3.63) is 30.3 Å². The van der Waals surface area contributed by atoms with Gasteiger partial charge in [-0.25, -0.2) is 8.42 Å². The molecular weight excluding hydrogens is 336 g/mol. The first-order chi connectivity index (χ1) is 11.9. The smallest absolute Gasteiger partial charge is 0.243 e. The lowest BCUT2D eigenvalue weighted by Crippen LogP contribution is -2.46. The number of piperidine rings is 1. The zero-order valence-electron chi connectivity index (χ0n) is 15.1. The highest BCUT2D eigenvalue weighted by molar-refractivity contribution is 7.89. The van der Waals surface area contributed by atoms with E-state index in [2.05, 4.69) is 18.7 Å². The van der Waals surface area contributed by atoms with Crippen molar-refractivity contribution in [2.24, 2.45) is 11.8 Å². The Morgan fingerprint density at radius 3 is 2.28 bits per heavy atom. The van der Waals surface area contributed by atoms with Crippen molar-refractivity contribution >= 4 is 15.9 Å². The lowest BCUT2D eigenvalue weighted by Gasteiger charge is -2.35. The average molecular weight is 365 g/mol. The van der Waals surface area contributed by atoms with Crippen LogP contribution in [0, 0.1) is 11.8 Å². The van der Waals surface area contributed by atoms with Crippen molar-refractivity contribution in [3.63, 3.8) is 0 Å². The molecule has 5 nitrogen and oxygen atoms in total. The normalized spacial score (nSPS) is 23.3. The molecule has 2 saturated heterocycles. The number of hydrogen-bond donors (Lipinski definition) is 0. The van der Waals surface area contributed by atoms with Crippen LogP contribution < -0.4 is 0 Å². The number of amides is 1. The molecule has 1 amide bonds. The van der Waals surface area contributed by atoms with Crippen molar-refractivity contribution < 1.29 is 13.2 Å². The molecule has 2 fully saturated rings. The van der Waals surface area contributed by atoms with Gasteiger partial charge in [0.25, 0.3) is 0 Å². The first kappa shape index (κ1) is 18.4. The highest BCUT2D eigenvalue weighted by Gasteiger charge is 2.37. The van der Waals surface area contributed by atoms with Gasteiger partial charge in [-0.2, -0.15) is 4.31 Å². The number of rotatable bonds is 4. The average Bonchev–Trinajstić information content (AvgIpc) is 3.12. The Bertz CT molecular complexity index is 695. The van der Waals surface area contributed by atoms with Gasteiger partial charge >= 0.3 is 0 Å². The van der Waals surface area contributed by atoms with Crippen LogP contribution in [0.25, 0.3) is 0 Å². The van der Waals surface area contributed by atoms with E-state index in [1.807, 2.05) is 6.07 Å². The molecule has 0 radical (unpaired) electrons. The second-order valence-electron chi connectivity index (χ2n) is 7.48. The maximum Gasteiger partial charge on any atom is 0.243 e. The Labute approximate surface area is 151 Å². The summed E-state index contributed by atoms with van der Waals surface area (Å²) in [6.07, 6.45) is 3.40. The Morgan fingerprint density at radius 2 is 1.68 bits per heavy atom. The third-order valence-electron chi connectivity index (χ3n) is 5.54. The summed E-state index contributed by atoms with van der Waals surface area (Å²) < 4.78 is 26.9. The molecule has 1 atom stereocenters. The van der Waals surface area contributed by atoms with Gasteiger partial charge in [-0.3, -0.25) is 4.79 Å². The number of carbonyl (C=O) groups is 1. The largest absolute Gasteiger partial charge is 0.339 e. The number of carbonyl (C=O) groups excluding carboxylic acids is 1. The zero-order chi connectivity index (χ0) is 18.0. The van der Waals surface area contributed by atoms with Gasteiger partial charge in [0.1, 0.15) is 0 Å². The first-order valence-corrected chi connectivity index (χ1v) is 10.7. The van der Waals surface area contributed by atoms with Crippen LogP contribution in [0.4, 0.5) is 0 Å². The zero-order valence-corrected chi connectivity index (χ0v) is 15.9. The van der Waals surface area contributed by atoms with Crippen molar-refractivity contribution in [1.82, 2.24) is 9.21 Å². The van der Waals surface area contributed by atoms with Crippen molar-refractivity contribution in [1.29, 1.82) is 0 Å². The summed E-state index contributed by atoms with van der Waals surface area (Å²) in [6, 6.07) is 8.89. The molecule has 1 aromatic rings. The molecule has 6 heteroatoms. The van der Waals surface area contributed by atoms with E-state index >= 15 is 0 Å². The Kier molecular flexibility index (Phi) is 5.49. The third kappa shape index (κ3) is 3.75. The highest BCUT2D eigenvalue weighted by Crippen LogP contribution is 2.30. The maximum atomic E-state index is 12.9. The topological polar surface area (TPSA) is 57.7 Å². The molecule has 25 heavy (non-hydrogen) atoms. The van der Waals surface area contributed by atoms with Crippen LogP contribution >= 0.6 is 0 Å². The summed E-state index contributed by atoms with van der Waals surface area (Å²) in [5, 5.41) is 0. The van der Waals surface area contributed by atoms with Gasteiger partial charge in [-0.15, -0.1) is 0 Å². The van der Waals surface area contributed by atoms with Gasteiger partial charge in [0.05, 0.1) is 4.90 Å². The molecule has 2 aliphatic heterocycles.